The Morgan fingerprint density at radius 1 is 0.529 bits per heavy atom. The van der Waals surface area contributed by atoms with Crippen LogP contribution in [-0.2, 0) is 0 Å². The molecule has 0 bridgehead atoms. The van der Waals surface area contributed by atoms with Gasteiger partial charge in [-0.25, -0.2) is 0 Å². The molecule has 0 aromatic heterocycles. The molecule has 0 saturated carbocycles. The van der Waals surface area contributed by atoms with Crippen LogP contribution >= 0.6 is 94.1 Å². The molecule has 0 aliphatic carbocycles. The van der Waals surface area contributed by atoms with Gasteiger partial charge >= 0.3 is 0 Å². The molecule has 0 aromatic carbocycles. The summed E-state index contributed by atoms with van der Waals surface area (Å²) in [4.78, 5) is 0. The zero-order valence-electron chi connectivity index (χ0n) is 20.1. The second-order valence-corrected chi connectivity index (χ2v) is 17.5. The molecule has 0 amide bonds. The van der Waals surface area contributed by atoms with Crippen molar-refractivity contribution in [1.29, 1.82) is 10.5 Å². The van der Waals surface area contributed by atoms with Crippen molar-refractivity contribution in [2.45, 2.75) is 78.1 Å². The van der Waals surface area contributed by atoms with Crippen LogP contribution in [0.5, 0.6) is 0 Å². The number of nitriles is 2. The van der Waals surface area contributed by atoms with Gasteiger partial charge in [0.05, 0.1) is 37.6 Å². The summed E-state index contributed by atoms with van der Waals surface area (Å²) >= 11 is 15.5. The van der Waals surface area contributed by atoms with Gasteiger partial charge in [-0.05, 0) is 24.3 Å². The highest BCUT2D eigenvalue weighted by Crippen LogP contribution is 2.66. The minimum atomic E-state index is 0.574. The molecule has 2 rings (SSSR count). The molecular formula is C24H34N2S8. The predicted octanol–water partition coefficient (Wildman–Crippen LogP) is 11.2. The van der Waals surface area contributed by atoms with Crippen molar-refractivity contribution in [3.8, 4) is 12.1 Å². The van der Waals surface area contributed by atoms with E-state index < -0.39 is 0 Å². The molecule has 2 aliphatic heterocycles. The maximum Gasteiger partial charge on any atom is 0.0717 e. The van der Waals surface area contributed by atoms with Crippen molar-refractivity contribution in [3.05, 3.63) is 25.4 Å². The second kappa shape index (κ2) is 20.0. The van der Waals surface area contributed by atoms with E-state index in [4.69, 9.17) is 10.5 Å². The third-order valence-electron chi connectivity index (χ3n) is 4.60. The lowest BCUT2D eigenvalue weighted by molar-refractivity contribution is 0.707. The number of thioether (sulfide) groups is 8. The smallest absolute Gasteiger partial charge is 0.0717 e. The lowest BCUT2D eigenvalue weighted by Crippen LogP contribution is -1.83. The topological polar surface area (TPSA) is 47.6 Å². The van der Waals surface area contributed by atoms with Crippen LogP contribution in [0, 0.1) is 22.7 Å². The van der Waals surface area contributed by atoms with Crippen LogP contribution in [0.4, 0.5) is 0 Å². The molecule has 0 saturated heterocycles. The van der Waals surface area contributed by atoms with Gasteiger partial charge in [0.2, 0.25) is 0 Å². The van der Waals surface area contributed by atoms with Crippen LogP contribution in [0.3, 0.4) is 0 Å². The maximum atomic E-state index is 8.94. The van der Waals surface area contributed by atoms with Crippen molar-refractivity contribution >= 4 is 94.1 Å². The van der Waals surface area contributed by atoms with E-state index in [9.17, 15) is 0 Å². The molecule has 34 heavy (non-hydrogen) atoms. The maximum absolute atomic E-state index is 8.94. The van der Waals surface area contributed by atoms with Gasteiger partial charge < -0.3 is 0 Å². The van der Waals surface area contributed by atoms with Crippen LogP contribution in [0.15, 0.2) is 25.4 Å². The summed E-state index contributed by atoms with van der Waals surface area (Å²) in [5, 5.41) is 17.9. The lowest BCUT2D eigenvalue weighted by atomic mass is 10.2. The van der Waals surface area contributed by atoms with Crippen LogP contribution in [0.2, 0.25) is 0 Å². The number of nitrogens with zero attached hydrogens (tertiary/aromatic N) is 2. The monoisotopic (exact) mass is 606 g/mol. The first-order valence-electron chi connectivity index (χ1n) is 11.9. The molecule has 188 valence electrons. The third kappa shape index (κ3) is 12.0. The summed E-state index contributed by atoms with van der Waals surface area (Å²) in [6.07, 6.45) is 11.7. The molecule has 2 aliphatic rings. The standard InChI is InChI=1S/C24H34N2S8/c1-3-5-7-9-15-27-19-20(28-16-10-8-6-4-2)32-23(31-19)24-33-21(29-17-11-13-25)22(34-24)30-18-12-14-26/h3-12,15-18H2,1-2H3. The molecule has 2 nitrogen and oxygen atoms in total. The SMILES string of the molecule is CCCCCCSC1=C(SCCCCCC)SC(=C2SC(SCCC#N)=C(SCCC#N)S2)S1. The summed E-state index contributed by atoms with van der Waals surface area (Å²) in [6.45, 7) is 4.55. The zero-order chi connectivity index (χ0) is 24.4. The summed E-state index contributed by atoms with van der Waals surface area (Å²) in [6, 6.07) is 4.52. The molecular weight excluding hydrogens is 573 g/mol. The molecule has 2 heterocycles. The molecule has 0 N–H and O–H groups in total. The molecule has 0 aromatic rings. The minimum Gasteiger partial charge on any atom is -0.198 e. The highest BCUT2D eigenvalue weighted by Gasteiger charge is 2.30. The first kappa shape index (κ1) is 31.2. The van der Waals surface area contributed by atoms with E-state index in [2.05, 4.69) is 49.5 Å². The Bertz CT molecular complexity index is 745. The van der Waals surface area contributed by atoms with Crippen LogP contribution in [0.25, 0.3) is 0 Å². The van der Waals surface area contributed by atoms with Crippen molar-refractivity contribution in [3.63, 3.8) is 0 Å². The zero-order valence-corrected chi connectivity index (χ0v) is 26.6. The van der Waals surface area contributed by atoms with E-state index in [0.29, 0.717) is 12.8 Å². The van der Waals surface area contributed by atoms with Crippen molar-refractivity contribution in [2.75, 3.05) is 23.0 Å². The number of rotatable bonds is 18. The number of hydrogen-bond acceptors (Lipinski definition) is 10. The fraction of sp³-hybridized carbons (Fsp3) is 0.667. The number of hydrogen-bond donors (Lipinski definition) is 0. The molecule has 10 heteroatoms. The quantitative estimate of drug-likeness (QED) is 0.141. The van der Waals surface area contributed by atoms with Crippen LogP contribution in [-0.4, -0.2) is 23.0 Å². The molecule has 0 radical (unpaired) electrons. The lowest BCUT2D eigenvalue weighted by Gasteiger charge is -2.05. The summed E-state index contributed by atoms with van der Waals surface area (Å²) < 4.78 is 8.48. The normalized spacial score (nSPS) is 16.0. The van der Waals surface area contributed by atoms with Crippen LogP contribution in [0.1, 0.15) is 78.1 Å². The average molecular weight is 607 g/mol. The molecule has 0 fully saturated rings. The van der Waals surface area contributed by atoms with Gasteiger partial charge in [-0.15, -0.1) is 47.0 Å². The molecule has 0 unspecified atom stereocenters. The van der Waals surface area contributed by atoms with E-state index >= 15 is 0 Å². The molecule has 0 spiro atoms. The summed E-state index contributed by atoms with van der Waals surface area (Å²) in [5.41, 5.74) is 0. The van der Waals surface area contributed by atoms with Gasteiger partial charge in [0.25, 0.3) is 0 Å². The van der Waals surface area contributed by atoms with Gasteiger partial charge in [0, 0.05) is 24.3 Å². The Kier molecular flexibility index (Phi) is 18.4. The third-order valence-corrected chi connectivity index (χ3v) is 16.3. The van der Waals surface area contributed by atoms with E-state index in [0.717, 1.165) is 11.5 Å². The fourth-order valence-electron chi connectivity index (χ4n) is 2.83. The van der Waals surface area contributed by atoms with E-state index in [1.165, 1.54) is 88.3 Å². The van der Waals surface area contributed by atoms with Gasteiger partial charge in [0.1, 0.15) is 0 Å². The van der Waals surface area contributed by atoms with Gasteiger partial charge in [-0.2, -0.15) is 10.5 Å². The Labute approximate surface area is 241 Å². The first-order valence-corrected chi connectivity index (χ1v) is 19.1. The molecule has 0 atom stereocenters. The van der Waals surface area contributed by atoms with E-state index in [1.54, 1.807) is 23.5 Å². The van der Waals surface area contributed by atoms with Crippen molar-refractivity contribution < 1.29 is 0 Å². The van der Waals surface area contributed by atoms with Gasteiger partial charge in [-0.1, -0.05) is 99.4 Å². The predicted molar refractivity (Wildman–Crippen MR) is 170 cm³/mol. The van der Waals surface area contributed by atoms with Crippen molar-refractivity contribution in [1.82, 2.24) is 0 Å². The summed E-state index contributed by atoms with van der Waals surface area (Å²) in [7, 11) is 0. The van der Waals surface area contributed by atoms with E-state index in [-0.39, 0.29) is 0 Å². The van der Waals surface area contributed by atoms with Gasteiger partial charge in [-0.3, -0.25) is 0 Å². The fourth-order valence-corrected chi connectivity index (χ4v) is 14.8. The second-order valence-electron chi connectivity index (χ2n) is 7.46. The Morgan fingerprint density at radius 2 is 0.882 bits per heavy atom. The van der Waals surface area contributed by atoms with Gasteiger partial charge in [0.15, 0.2) is 0 Å². The summed E-state index contributed by atoms with van der Waals surface area (Å²) in [5.74, 6) is 4.10. The Hall–Kier alpha value is 1.000. The largest absolute Gasteiger partial charge is 0.198 e. The minimum absolute atomic E-state index is 0.574. The van der Waals surface area contributed by atoms with E-state index in [1.807, 2.05) is 47.0 Å². The Balaban J connectivity index is 2.02. The average Bonchev–Trinajstić information content (AvgIpc) is 3.43. The van der Waals surface area contributed by atoms with Crippen LogP contribution < -0.4 is 0 Å². The first-order chi connectivity index (χ1) is 16.7. The highest BCUT2D eigenvalue weighted by atomic mass is 32.3. The van der Waals surface area contributed by atoms with Crippen molar-refractivity contribution in [2.24, 2.45) is 0 Å². The number of unbranched alkanes of at least 4 members (excludes halogenated alkanes) is 6. The Morgan fingerprint density at radius 3 is 1.21 bits per heavy atom. The highest BCUT2D eigenvalue weighted by molar-refractivity contribution is 8.45.